The van der Waals surface area contributed by atoms with Crippen LogP contribution in [0.15, 0.2) is 66.1 Å². The molecule has 27 heavy (non-hydrogen) atoms. The summed E-state index contributed by atoms with van der Waals surface area (Å²) in [6.45, 7) is 4.84. The van der Waals surface area contributed by atoms with Gasteiger partial charge in [-0.25, -0.2) is 8.42 Å². The van der Waals surface area contributed by atoms with Crippen molar-refractivity contribution in [2.45, 2.75) is 11.8 Å². The summed E-state index contributed by atoms with van der Waals surface area (Å²) in [5.74, 6) is -1.14. The number of carbonyl (C=O) groups is 2. The number of sulfonamides is 1. The van der Waals surface area contributed by atoms with Crippen LogP contribution >= 0.6 is 11.6 Å². The minimum absolute atomic E-state index is 0.0188. The molecule has 142 valence electrons. The molecule has 2 amide bonds. The largest absolute Gasteiger partial charge is 0.274 e. The van der Waals surface area contributed by atoms with Gasteiger partial charge < -0.3 is 0 Å². The Kier molecular flexibility index (Phi) is 6.59. The molecule has 0 aliphatic carbocycles. The Bertz CT molecular complexity index is 962. The molecule has 0 radical (unpaired) electrons. The third-order valence-electron chi connectivity index (χ3n) is 3.45. The Morgan fingerprint density at radius 3 is 2.41 bits per heavy atom. The van der Waals surface area contributed by atoms with Crippen molar-refractivity contribution < 1.29 is 18.0 Å². The third kappa shape index (κ3) is 4.87. The molecule has 0 atom stereocenters. The molecule has 0 bridgehead atoms. The van der Waals surface area contributed by atoms with Crippen molar-refractivity contribution in [3.63, 3.8) is 0 Å². The van der Waals surface area contributed by atoms with Crippen molar-refractivity contribution in [3.05, 3.63) is 71.8 Å². The number of nitrogens with zero attached hydrogens (tertiary/aromatic N) is 1. The number of amides is 2. The number of benzene rings is 2. The minimum Gasteiger partial charge on any atom is -0.274 e. The summed E-state index contributed by atoms with van der Waals surface area (Å²) in [5, 5.41) is -0.0314. The summed E-state index contributed by atoms with van der Waals surface area (Å²) in [7, 11) is -4.07. The molecule has 2 aromatic carbocycles. The lowest BCUT2D eigenvalue weighted by molar-refractivity contribution is -0.119. The maximum Gasteiger partial charge on any atom is 0.269 e. The van der Waals surface area contributed by atoms with E-state index in [0.717, 1.165) is 10.4 Å². The number of rotatable bonds is 6. The van der Waals surface area contributed by atoms with E-state index < -0.39 is 21.8 Å². The molecule has 0 aliphatic rings. The van der Waals surface area contributed by atoms with Crippen molar-refractivity contribution in [2.75, 3.05) is 10.8 Å². The predicted molar refractivity (Wildman–Crippen MR) is 104 cm³/mol. The Labute approximate surface area is 162 Å². The van der Waals surface area contributed by atoms with E-state index in [-0.39, 0.29) is 22.0 Å². The Morgan fingerprint density at radius 2 is 1.81 bits per heavy atom. The highest BCUT2D eigenvalue weighted by Crippen LogP contribution is 2.29. The second kappa shape index (κ2) is 8.70. The van der Waals surface area contributed by atoms with E-state index in [1.807, 2.05) is 0 Å². The van der Waals surface area contributed by atoms with Gasteiger partial charge in [-0.2, -0.15) is 0 Å². The summed E-state index contributed by atoms with van der Waals surface area (Å²) in [4.78, 5) is 22.8. The SMILES string of the molecule is C=CCN(c1ccccc1)S(=O)(=O)c1cc(C(=O)NNC(C)=O)ccc1Cl. The Balaban J connectivity index is 2.47. The summed E-state index contributed by atoms with van der Waals surface area (Å²) < 4.78 is 27.5. The van der Waals surface area contributed by atoms with Gasteiger partial charge in [0.05, 0.1) is 17.3 Å². The molecule has 0 heterocycles. The fourth-order valence-electron chi connectivity index (χ4n) is 2.23. The fourth-order valence-corrected chi connectivity index (χ4v) is 4.17. The highest BCUT2D eigenvalue weighted by molar-refractivity contribution is 7.93. The maximum absolute atomic E-state index is 13.2. The van der Waals surface area contributed by atoms with Crippen LogP contribution in [0.4, 0.5) is 5.69 Å². The number of halogens is 1. The first kappa shape index (κ1) is 20.5. The molecule has 0 saturated carbocycles. The van der Waals surface area contributed by atoms with Crippen LogP contribution in [0.3, 0.4) is 0 Å². The molecule has 2 aromatic rings. The minimum atomic E-state index is -4.07. The number of hydrazine groups is 1. The first-order valence-corrected chi connectivity index (χ1v) is 9.64. The summed E-state index contributed by atoms with van der Waals surface area (Å²) in [5.41, 5.74) is 4.78. The van der Waals surface area contributed by atoms with Gasteiger partial charge in [-0.1, -0.05) is 35.9 Å². The number of hydrogen-bond donors (Lipinski definition) is 2. The second-order valence-corrected chi connectivity index (χ2v) is 7.68. The average Bonchev–Trinajstić information content (AvgIpc) is 2.64. The van der Waals surface area contributed by atoms with Crippen molar-refractivity contribution in [3.8, 4) is 0 Å². The van der Waals surface area contributed by atoms with Crippen LogP contribution in [-0.4, -0.2) is 26.8 Å². The molecule has 0 aliphatic heterocycles. The number of para-hydroxylation sites is 1. The molecule has 0 spiro atoms. The van der Waals surface area contributed by atoms with Crippen LogP contribution in [-0.2, 0) is 14.8 Å². The fraction of sp³-hybridized carbons (Fsp3) is 0.111. The quantitative estimate of drug-likeness (QED) is 0.568. The van der Waals surface area contributed by atoms with Crippen LogP contribution < -0.4 is 15.2 Å². The van der Waals surface area contributed by atoms with Gasteiger partial charge in [-0.3, -0.25) is 24.7 Å². The number of anilines is 1. The Morgan fingerprint density at radius 1 is 1.15 bits per heavy atom. The zero-order chi connectivity index (χ0) is 20.0. The molecule has 2 rings (SSSR count). The molecule has 2 N–H and O–H groups in total. The second-order valence-electron chi connectivity index (χ2n) is 5.44. The van der Waals surface area contributed by atoms with E-state index in [4.69, 9.17) is 11.6 Å². The van der Waals surface area contributed by atoms with Gasteiger partial charge in [0.1, 0.15) is 4.90 Å². The van der Waals surface area contributed by atoms with Gasteiger partial charge in [0.2, 0.25) is 5.91 Å². The van der Waals surface area contributed by atoms with Crippen molar-refractivity contribution in [1.29, 1.82) is 0 Å². The molecule has 0 unspecified atom stereocenters. The van der Waals surface area contributed by atoms with Crippen LogP contribution in [0.1, 0.15) is 17.3 Å². The molecule has 0 fully saturated rings. The highest BCUT2D eigenvalue weighted by atomic mass is 35.5. The first-order chi connectivity index (χ1) is 12.8. The third-order valence-corrected chi connectivity index (χ3v) is 5.73. The van der Waals surface area contributed by atoms with E-state index >= 15 is 0 Å². The standard InChI is InChI=1S/C18H18ClN3O4S/c1-3-11-22(15-7-5-4-6-8-15)27(25,26)17-12-14(9-10-16(17)19)18(24)21-20-13(2)23/h3-10,12H,1,11H2,2H3,(H,20,23)(H,21,24). The van der Waals surface area contributed by atoms with Crippen molar-refractivity contribution >= 4 is 39.1 Å². The van der Waals surface area contributed by atoms with Gasteiger partial charge in [-0.05, 0) is 30.3 Å². The van der Waals surface area contributed by atoms with E-state index in [9.17, 15) is 18.0 Å². The van der Waals surface area contributed by atoms with Crippen molar-refractivity contribution in [1.82, 2.24) is 10.9 Å². The Hall–Kier alpha value is -2.84. The molecule has 0 aromatic heterocycles. The zero-order valence-corrected chi connectivity index (χ0v) is 16.0. The molecular weight excluding hydrogens is 390 g/mol. The number of carbonyl (C=O) groups excluding carboxylic acids is 2. The monoisotopic (exact) mass is 407 g/mol. The molecule has 7 nitrogen and oxygen atoms in total. The lowest BCUT2D eigenvalue weighted by atomic mass is 10.2. The van der Waals surface area contributed by atoms with Gasteiger partial charge in [0.25, 0.3) is 15.9 Å². The van der Waals surface area contributed by atoms with Crippen molar-refractivity contribution in [2.24, 2.45) is 0 Å². The first-order valence-electron chi connectivity index (χ1n) is 7.82. The summed E-state index contributed by atoms with van der Waals surface area (Å²) in [6, 6.07) is 12.3. The van der Waals surface area contributed by atoms with Crippen LogP contribution in [0.5, 0.6) is 0 Å². The van der Waals surface area contributed by atoms with Gasteiger partial charge in [0, 0.05) is 12.5 Å². The van der Waals surface area contributed by atoms with Crippen LogP contribution in [0.2, 0.25) is 5.02 Å². The zero-order valence-electron chi connectivity index (χ0n) is 14.5. The van der Waals surface area contributed by atoms with Gasteiger partial charge in [-0.15, -0.1) is 6.58 Å². The van der Waals surface area contributed by atoms with Gasteiger partial charge in [0.15, 0.2) is 0 Å². The van der Waals surface area contributed by atoms with Crippen LogP contribution in [0, 0.1) is 0 Å². The lowest BCUT2D eigenvalue weighted by Crippen LogP contribution is -2.40. The van der Waals surface area contributed by atoms with Crippen LogP contribution in [0.25, 0.3) is 0 Å². The topological polar surface area (TPSA) is 95.6 Å². The summed E-state index contributed by atoms with van der Waals surface area (Å²) >= 11 is 6.11. The summed E-state index contributed by atoms with van der Waals surface area (Å²) in [6.07, 6.45) is 1.45. The number of nitrogens with one attached hydrogen (secondary N) is 2. The predicted octanol–water partition coefficient (Wildman–Crippen LogP) is 2.50. The van der Waals surface area contributed by atoms with E-state index in [2.05, 4.69) is 17.4 Å². The highest BCUT2D eigenvalue weighted by Gasteiger charge is 2.27. The van der Waals surface area contributed by atoms with E-state index in [1.54, 1.807) is 30.3 Å². The number of hydrogen-bond acceptors (Lipinski definition) is 4. The van der Waals surface area contributed by atoms with E-state index in [0.29, 0.717) is 5.69 Å². The van der Waals surface area contributed by atoms with E-state index in [1.165, 1.54) is 25.1 Å². The maximum atomic E-state index is 13.2. The normalized spacial score (nSPS) is 10.7. The molecular formula is C18H18ClN3O4S. The molecule has 0 saturated heterocycles. The molecule has 9 heteroatoms. The lowest BCUT2D eigenvalue weighted by Gasteiger charge is -2.24. The average molecular weight is 408 g/mol. The van der Waals surface area contributed by atoms with Gasteiger partial charge >= 0.3 is 0 Å². The smallest absolute Gasteiger partial charge is 0.269 e.